The maximum absolute atomic E-state index is 12.0. The van der Waals surface area contributed by atoms with Crippen LogP contribution in [0.4, 0.5) is 5.69 Å². The highest BCUT2D eigenvalue weighted by atomic mass is 16.5. The van der Waals surface area contributed by atoms with Gasteiger partial charge in [-0.25, -0.2) is 4.79 Å². The van der Waals surface area contributed by atoms with Gasteiger partial charge in [-0.1, -0.05) is 24.6 Å². The van der Waals surface area contributed by atoms with E-state index in [2.05, 4.69) is 10.6 Å². The fourth-order valence-corrected chi connectivity index (χ4v) is 2.88. The molecule has 3 rings (SSSR count). The molecule has 1 aliphatic heterocycles. The molecular formula is C23H28N2O5. The van der Waals surface area contributed by atoms with E-state index in [4.69, 9.17) is 14.6 Å². The second-order valence-electron chi connectivity index (χ2n) is 6.60. The molecule has 0 unspecified atom stereocenters. The first kappa shape index (κ1) is 23.0. The molecule has 0 spiro atoms. The SMILES string of the molecule is C1CCNCC1.COc1ccc(C=CC(=O)Nc2ccccc2C(=O)O)cc1OC. The zero-order valence-electron chi connectivity index (χ0n) is 17.3. The molecule has 0 bridgehead atoms. The van der Waals surface area contributed by atoms with E-state index >= 15 is 0 Å². The normalized spacial score (nSPS) is 13.1. The number of hydrogen-bond donors (Lipinski definition) is 3. The average Bonchev–Trinajstić information content (AvgIpc) is 2.79. The largest absolute Gasteiger partial charge is 0.493 e. The summed E-state index contributed by atoms with van der Waals surface area (Å²) in [4.78, 5) is 23.1. The molecule has 3 N–H and O–H groups in total. The monoisotopic (exact) mass is 412 g/mol. The molecule has 0 aliphatic carbocycles. The predicted molar refractivity (Wildman–Crippen MR) is 117 cm³/mol. The van der Waals surface area contributed by atoms with E-state index in [1.165, 1.54) is 57.7 Å². The Hall–Kier alpha value is -3.32. The molecule has 1 saturated heterocycles. The van der Waals surface area contributed by atoms with E-state index in [9.17, 15) is 9.59 Å². The lowest BCUT2D eigenvalue weighted by Gasteiger charge is -2.08. The van der Waals surface area contributed by atoms with Crippen molar-refractivity contribution in [3.05, 3.63) is 59.7 Å². The number of ether oxygens (including phenoxy) is 2. The summed E-state index contributed by atoms with van der Waals surface area (Å²) in [5.74, 6) is -0.390. The highest BCUT2D eigenvalue weighted by Gasteiger charge is 2.10. The molecule has 1 amide bonds. The minimum atomic E-state index is -1.10. The lowest BCUT2D eigenvalue weighted by molar-refractivity contribution is -0.111. The molecule has 2 aromatic carbocycles. The number of carbonyl (C=O) groups excluding carboxylic acids is 1. The molecule has 2 aromatic rings. The number of rotatable bonds is 6. The quantitative estimate of drug-likeness (QED) is 0.624. The third-order valence-corrected chi connectivity index (χ3v) is 4.46. The number of carbonyl (C=O) groups is 2. The summed E-state index contributed by atoms with van der Waals surface area (Å²) in [7, 11) is 3.07. The minimum Gasteiger partial charge on any atom is -0.493 e. The molecule has 0 aromatic heterocycles. The van der Waals surface area contributed by atoms with Crippen LogP contribution >= 0.6 is 0 Å². The third-order valence-electron chi connectivity index (χ3n) is 4.46. The lowest BCUT2D eigenvalue weighted by Crippen LogP contribution is -2.21. The van der Waals surface area contributed by atoms with Gasteiger partial charge in [0.1, 0.15) is 0 Å². The van der Waals surface area contributed by atoms with Crippen LogP contribution in [0.3, 0.4) is 0 Å². The third kappa shape index (κ3) is 7.25. The van der Waals surface area contributed by atoms with Gasteiger partial charge in [0.2, 0.25) is 5.91 Å². The first-order valence-corrected chi connectivity index (χ1v) is 9.79. The van der Waals surface area contributed by atoms with Gasteiger partial charge in [-0.2, -0.15) is 0 Å². The van der Waals surface area contributed by atoms with Crippen LogP contribution in [-0.2, 0) is 4.79 Å². The number of nitrogens with one attached hydrogen (secondary N) is 2. The van der Waals surface area contributed by atoms with E-state index in [0.29, 0.717) is 11.5 Å². The summed E-state index contributed by atoms with van der Waals surface area (Å²) in [6.45, 7) is 2.50. The number of aromatic carboxylic acids is 1. The molecular weight excluding hydrogens is 384 g/mol. The van der Waals surface area contributed by atoms with Gasteiger partial charge in [0, 0.05) is 6.08 Å². The Labute approximate surface area is 176 Å². The Kier molecular flexibility index (Phi) is 9.40. The number of carboxylic acids is 1. The molecule has 1 heterocycles. The number of benzene rings is 2. The fourth-order valence-electron chi connectivity index (χ4n) is 2.88. The Bertz CT molecular complexity index is 864. The van der Waals surface area contributed by atoms with Crippen molar-refractivity contribution in [2.75, 3.05) is 32.6 Å². The van der Waals surface area contributed by atoms with Crippen LogP contribution in [0.5, 0.6) is 11.5 Å². The summed E-state index contributed by atoms with van der Waals surface area (Å²) in [5, 5.41) is 14.9. The van der Waals surface area contributed by atoms with Crippen molar-refractivity contribution >= 4 is 23.6 Å². The molecule has 0 radical (unpaired) electrons. The molecule has 1 fully saturated rings. The van der Waals surface area contributed by atoms with Crippen LogP contribution in [0.15, 0.2) is 48.5 Å². The fraction of sp³-hybridized carbons (Fsp3) is 0.304. The van der Waals surface area contributed by atoms with Gasteiger partial charge in [-0.05, 0) is 61.8 Å². The van der Waals surface area contributed by atoms with Crippen molar-refractivity contribution in [2.24, 2.45) is 0 Å². The van der Waals surface area contributed by atoms with Gasteiger partial charge in [0.15, 0.2) is 11.5 Å². The standard InChI is InChI=1S/C18H17NO5.C5H11N/c1-23-15-9-7-12(11-16(15)24-2)8-10-17(20)19-14-6-4-3-5-13(14)18(21)22;1-2-4-6-5-3-1/h3-11H,1-2H3,(H,19,20)(H,21,22);6H,1-5H2. The van der Waals surface area contributed by atoms with Crippen LogP contribution in [0.25, 0.3) is 6.08 Å². The van der Waals surface area contributed by atoms with Gasteiger partial charge in [-0.3, -0.25) is 4.79 Å². The Morgan fingerprint density at radius 2 is 1.70 bits per heavy atom. The second-order valence-corrected chi connectivity index (χ2v) is 6.60. The van der Waals surface area contributed by atoms with Crippen LogP contribution in [0.2, 0.25) is 0 Å². The topological polar surface area (TPSA) is 96.9 Å². The van der Waals surface area contributed by atoms with E-state index in [1.807, 2.05) is 0 Å². The molecule has 7 heteroatoms. The van der Waals surface area contributed by atoms with E-state index in [0.717, 1.165) is 5.56 Å². The molecule has 7 nitrogen and oxygen atoms in total. The highest BCUT2D eigenvalue weighted by molar-refractivity contribution is 6.06. The number of hydrogen-bond acceptors (Lipinski definition) is 5. The van der Waals surface area contributed by atoms with Crippen molar-refractivity contribution in [3.63, 3.8) is 0 Å². The summed E-state index contributed by atoms with van der Waals surface area (Å²) in [6.07, 6.45) is 7.13. The first-order valence-electron chi connectivity index (χ1n) is 9.79. The summed E-state index contributed by atoms with van der Waals surface area (Å²) < 4.78 is 10.3. The number of carboxylic acid groups (broad SMARTS) is 1. The Morgan fingerprint density at radius 3 is 2.27 bits per heavy atom. The van der Waals surface area contributed by atoms with Crippen molar-refractivity contribution < 1.29 is 24.2 Å². The predicted octanol–water partition coefficient (Wildman–Crippen LogP) is 3.81. The molecule has 1 aliphatic rings. The first-order chi connectivity index (χ1) is 14.5. The number of methoxy groups -OCH3 is 2. The molecule has 30 heavy (non-hydrogen) atoms. The van der Waals surface area contributed by atoms with Crippen molar-refractivity contribution in [3.8, 4) is 11.5 Å². The maximum atomic E-state index is 12.0. The zero-order chi connectivity index (χ0) is 21.8. The Balaban J connectivity index is 0.000000456. The molecule has 160 valence electrons. The van der Waals surface area contributed by atoms with Crippen molar-refractivity contribution in [1.82, 2.24) is 5.32 Å². The maximum Gasteiger partial charge on any atom is 0.337 e. The van der Waals surface area contributed by atoms with Crippen molar-refractivity contribution in [1.29, 1.82) is 0 Å². The number of amides is 1. The van der Waals surface area contributed by atoms with Gasteiger partial charge >= 0.3 is 5.97 Å². The van der Waals surface area contributed by atoms with E-state index in [-0.39, 0.29) is 11.3 Å². The summed E-state index contributed by atoms with van der Waals surface area (Å²) in [6, 6.07) is 11.4. The Morgan fingerprint density at radius 1 is 1.00 bits per heavy atom. The van der Waals surface area contributed by atoms with Gasteiger partial charge < -0.3 is 25.2 Å². The molecule has 0 atom stereocenters. The van der Waals surface area contributed by atoms with Crippen LogP contribution < -0.4 is 20.1 Å². The van der Waals surface area contributed by atoms with Crippen LogP contribution in [-0.4, -0.2) is 44.3 Å². The van der Waals surface area contributed by atoms with Crippen LogP contribution in [0, 0.1) is 0 Å². The number of para-hydroxylation sites is 1. The van der Waals surface area contributed by atoms with Gasteiger partial charge in [0.05, 0.1) is 25.5 Å². The van der Waals surface area contributed by atoms with Gasteiger partial charge in [-0.15, -0.1) is 0 Å². The summed E-state index contributed by atoms with van der Waals surface area (Å²) >= 11 is 0. The van der Waals surface area contributed by atoms with E-state index < -0.39 is 11.9 Å². The lowest BCUT2D eigenvalue weighted by atomic mass is 10.1. The number of anilines is 1. The smallest absolute Gasteiger partial charge is 0.337 e. The number of piperidine rings is 1. The minimum absolute atomic E-state index is 0.0327. The average molecular weight is 412 g/mol. The van der Waals surface area contributed by atoms with E-state index in [1.54, 1.807) is 43.5 Å². The van der Waals surface area contributed by atoms with Crippen LogP contribution in [0.1, 0.15) is 35.2 Å². The zero-order valence-corrected chi connectivity index (χ0v) is 17.3. The highest BCUT2D eigenvalue weighted by Crippen LogP contribution is 2.28. The second kappa shape index (κ2) is 12.3. The van der Waals surface area contributed by atoms with Crippen molar-refractivity contribution in [2.45, 2.75) is 19.3 Å². The van der Waals surface area contributed by atoms with Gasteiger partial charge in [0.25, 0.3) is 0 Å². The summed E-state index contributed by atoms with van der Waals surface area (Å²) in [5.41, 5.74) is 1.02. The molecule has 0 saturated carbocycles.